The lowest BCUT2D eigenvalue weighted by atomic mass is 9.97. The molecule has 2 aliphatic rings. The zero-order valence-electron chi connectivity index (χ0n) is 10.4. The molecule has 0 aromatic carbocycles. The molecule has 0 amide bonds. The van der Waals surface area contributed by atoms with Crippen molar-refractivity contribution in [2.75, 3.05) is 13.2 Å². The molecule has 1 aliphatic heterocycles. The standard InChI is InChI=1S/C12H15NO4S2/c14-11-12(5-1-2-6-12)13(7-8-17-11)19(15,16)10-4-3-9-18-10/h3-4,9H,1-2,5-8H2. The second kappa shape index (κ2) is 4.57. The Balaban J connectivity index is 2.05. The number of sulfonamides is 1. The summed E-state index contributed by atoms with van der Waals surface area (Å²) >= 11 is 1.19. The predicted octanol–water partition coefficient (Wildman–Crippen LogP) is 1.61. The van der Waals surface area contributed by atoms with E-state index in [9.17, 15) is 13.2 Å². The number of esters is 1. The fourth-order valence-corrected chi connectivity index (χ4v) is 5.83. The minimum absolute atomic E-state index is 0.144. The maximum atomic E-state index is 12.7. The highest BCUT2D eigenvalue weighted by atomic mass is 32.2. The second-order valence-corrected chi connectivity index (χ2v) is 7.92. The third-order valence-electron chi connectivity index (χ3n) is 3.86. The lowest BCUT2D eigenvalue weighted by molar-refractivity contribution is -0.162. The minimum atomic E-state index is -3.59. The smallest absolute Gasteiger partial charge is 0.327 e. The van der Waals surface area contributed by atoms with Gasteiger partial charge in [0.15, 0.2) is 0 Å². The van der Waals surface area contributed by atoms with Crippen molar-refractivity contribution in [2.45, 2.75) is 35.4 Å². The number of hydrogen-bond donors (Lipinski definition) is 0. The van der Waals surface area contributed by atoms with Gasteiger partial charge in [0, 0.05) is 6.54 Å². The van der Waals surface area contributed by atoms with Crippen LogP contribution in [0.4, 0.5) is 0 Å². The van der Waals surface area contributed by atoms with Gasteiger partial charge in [0.1, 0.15) is 16.4 Å². The molecule has 2 heterocycles. The summed E-state index contributed by atoms with van der Waals surface area (Å²) in [5.74, 6) is -0.378. The Morgan fingerprint density at radius 3 is 2.68 bits per heavy atom. The number of cyclic esters (lactones) is 1. The fraction of sp³-hybridized carbons (Fsp3) is 0.583. The molecule has 3 rings (SSSR count). The summed E-state index contributed by atoms with van der Waals surface area (Å²) in [5.41, 5.74) is -0.957. The van der Waals surface area contributed by atoms with Crippen LogP contribution >= 0.6 is 11.3 Å². The molecule has 0 unspecified atom stereocenters. The Morgan fingerprint density at radius 1 is 1.32 bits per heavy atom. The summed E-state index contributed by atoms with van der Waals surface area (Å²) in [7, 11) is -3.59. The lowest BCUT2D eigenvalue weighted by Crippen LogP contribution is -2.60. The van der Waals surface area contributed by atoms with E-state index < -0.39 is 15.6 Å². The van der Waals surface area contributed by atoms with Crippen molar-refractivity contribution in [3.8, 4) is 0 Å². The molecule has 1 saturated carbocycles. The Hall–Kier alpha value is -0.920. The Morgan fingerprint density at radius 2 is 2.05 bits per heavy atom. The van der Waals surface area contributed by atoms with Crippen molar-refractivity contribution in [1.82, 2.24) is 4.31 Å². The van der Waals surface area contributed by atoms with E-state index in [2.05, 4.69) is 0 Å². The number of rotatable bonds is 2. The molecular weight excluding hydrogens is 286 g/mol. The van der Waals surface area contributed by atoms with Gasteiger partial charge in [-0.15, -0.1) is 11.3 Å². The quantitative estimate of drug-likeness (QED) is 0.779. The van der Waals surface area contributed by atoms with Gasteiger partial charge in [-0.1, -0.05) is 18.9 Å². The van der Waals surface area contributed by atoms with Gasteiger partial charge in [0.05, 0.1) is 0 Å². The van der Waals surface area contributed by atoms with E-state index in [1.807, 2.05) is 0 Å². The van der Waals surface area contributed by atoms with E-state index in [1.54, 1.807) is 17.5 Å². The van der Waals surface area contributed by atoms with Gasteiger partial charge in [-0.05, 0) is 24.3 Å². The van der Waals surface area contributed by atoms with Crippen LogP contribution < -0.4 is 0 Å². The fourth-order valence-electron chi connectivity index (χ4n) is 2.95. The third-order valence-corrected chi connectivity index (χ3v) is 7.19. The predicted molar refractivity (Wildman–Crippen MR) is 70.4 cm³/mol. The van der Waals surface area contributed by atoms with Crippen LogP contribution in [0.15, 0.2) is 21.7 Å². The van der Waals surface area contributed by atoms with E-state index in [4.69, 9.17) is 4.74 Å². The monoisotopic (exact) mass is 301 g/mol. The maximum absolute atomic E-state index is 12.7. The number of nitrogens with zero attached hydrogens (tertiary/aromatic N) is 1. The van der Waals surface area contributed by atoms with Crippen LogP contribution in [-0.4, -0.2) is 37.4 Å². The summed E-state index contributed by atoms with van der Waals surface area (Å²) in [6.45, 7) is 0.400. The van der Waals surface area contributed by atoms with Crippen LogP contribution in [0, 0.1) is 0 Å². The van der Waals surface area contributed by atoms with Crippen LogP contribution in [-0.2, 0) is 19.6 Å². The van der Waals surface area contributed by atoms with Crippen LogP contribution in [0.1, 0.15) is 25.7 Å². The molecule has 0 atom stereocenters. The first-order chi connectivity index (χ1) is 9.07. The number of carbonyl (C=O) groups excluding carboxylic acids is 1. The average molecular weight is 301 g/mol. The number of thiophene rings is 1. The van der Waals surface area contributed by atoms with E-state index in [1.165, 1.54) is 15.6 Å². The SMILES string of the molecule is O=C1OCCN(S(=O)(=O)c2cccs2)C12CCCC2. The van der Waals surface area contributed by atoms with E-state index >= 15 is 0 Å². The van der Waals surface area contributed by atoms with Gasteiger partial charge in [0.25, 0.3) is 10.0 Å². The summed E-state index contributed by atoms with van der Waals surface area (Å²) in [5, 5.41) is 1.73. The molecule has 5 nitrogen and oxygen atoms in total. The van der Waals surface area contributed by atoms with Gasteiger partial charge in [-0.2, -0.15) is 4.31 Å². The first-order valence-electron chi connectivity index (χ1n) is 6.31. The number of carbonyl (C=O) groups is 1. The van der Waals surface area contributed by atoms with Gasteiger partial charge in [0.2, 0.25) is 0 Å². The maximum Gasteiger partial charge on any atom is 0.327 e. The van der Waals surface area contributed by atoms with Crippen molar-refractivity contribution < 1.29 is 17.9 Å². The zero-order valence-corrected chi connectivity index (χ0v) is 12.0. The summed E-state index contributed by atoms with van der Waals surface area (Å²) < 4.78 is 32.2. The Labute approximate surface area is 116 Å². The molecule has 1 aliphatic carbocycles. The van der Waals surface area contributed by atoms with Gasteiger partial charge >= 0.3 is 5.97 Å². The second-order valence-electron chi connectivity index (χ2n) is 4.88. The van der Waals surface area contributed by atoms with Crippen LogP contribution in [0.2, 0.25) is 0 Å². The molecule has 104 valence electrons. The Bertz CT molecular complexity index is 573. The van der Waals surface area contributed by atoms with Gasteiger partial charge in [-0.3, -0.25) is 4.79 Å². The van der Waals surface area contributed by atoms with E-state index in [-0.39, 0.29) is 19.1 Å². The first-order valence-corrected chi connectivity index (χ1v) is 8.63. The van der Waals surface area contributed by atoms with E-state index in [0.717, 1.165) is 12.8 Å². The zero-order chi connectivity index (χ0) is 13.5. The highest BCUT2D eigenvalue weighted by Gasteiger charge is 2.54. The van der Waals surface area contributed by atoms with Crippen LogP contribution in [0.3, 0.4) is 0 Å². The van der Waals surface area contributed by atoms with Crippen molar-refractivity contribution >= 4 is 27.3 Å². The molecule has 1 spiro atoms. The third kappa shape index (κ3) is 1.91. The van der Waals surface area contributed by atoms with Crippen molar-refractivity contribution in [1.29, 1.82) is 0 Å². The lowest BCUT2D eigenvalue weighted by Gasteiger charge is -2.41. The van der Waals surface area contributed by atoms with Crippen molar-refractivity contribution in [3.63, 3.8) is 0 Å². The molecule has 1 aromatic rings. The van der Waals surface area contributed by atoms with Crippen LogP contribution in [0.25, 0.3) is 0 Å². The molecule has 0 bridgehead atoms. The average Bonchev–Trinajstić information content (AvgIpc) is 3.04. The van der Waals surface area contributed by atoms with Crippen molar-refractivity contribution in [3.05, 3.63) is 17.5 Å². The molecule has 19 heavy (non-hydrogen) atoms. The molecule has 0 N–H and O–H groups in total. The first kappa shape index (κ1) is 13.1. The molecular formula is C12H15NO4S2. The molecule has 1 saturated heterocycles. The topological polar surface area (TPSA) is 63.7 Å². The normalized spacial score (nSPS) is 23.7. The summed E-state index contributed by atoms with van der Waals surface area (Å²) in [6.07, 6.45) is 2.87. The van der Waals surface area contributed by atoms with Gasteiger partial charge < -0.3 is 4.74 Å². The van der Waals surface area contributed by atoms with Crippen LogP contribution in [0.5, 0.6) is 0 Å². The van der Waals surface area contributed by atoms with E-state index in [0.29, 0.717) is 17.1 Å². The van der Waals surface area contributed by atoms with Gasteiger partial charge in [-0.25, -0.2) is 8.42 Å². The minimum Gasteiger partial charge on any atom is -0.463 e. The molecule has 0 radical (unpaired) electrons. The largest absolute Gasteiger partial charge is 0.463 e. The highest BCUT2D eigenvalue weighted by molar-refractivity contribution is 7.91. The van der Waals surface area contributed by atoms with Crippen molar-refractivity contribution in [2.24, 2.45) is 0 Å². The molecule has 1 aromatic heterocycles. The molecule has 7 heteroatoms. The molecule has 2 fully saturated rings. The number of hydrogen-bond acceptors (Lipinski definition) is 5. The Kier molecular flexibility index (Phi) is 3.15. The summed E-state index contributed by atoms with van der Waals surface area (Å²) in [4.78, 5) is 12.1. The number of ether oxygens (including phenoxy) is 1. The number of morpholine rings is 1. The summed E-state index contributed by atoms with van der Waals surface area (Å²) in [6, 6.07) is 3.30. The highest BCUT2D eigenvalue weighted by Crippen LogP contribution is 2.41.